The molecule has 1 aliphatic heterocycles. The van der Waals surface area contributed by atoms with E-state index in [-0.39, 0.29) is 23.8 Å². The number of hydrogen-bond donors (Lipinski definition) is 1. The summed E-state index contributed by atoms with van der Waals surface area (Å²) >= 11 is 7.44. The highest BCUT2D eigenvalue weighted by atomic mass is 35.5. The van der Waals surface area contributed by atoms with Crippen LogP contribution in [-0.2, 0) is 0 Å². The number of fused-ring (bicyclic) bond motifs is 1. The standard InChI is InChI=1S/C22H25ClN4OS.ClH.H2O/c23-18-9-7-17(8-10-18)22(28)24-11-3-4-12-26-13-15-27(16-14-26)21-19-5-1-2-6-20(19)29-25-21;;/h1-2,5-10H,3-4,11-16H2,(H,24,28);1H;1H2. The number of rotatable bonds is 7. The molecule has 0 radical (unpaired) electrons. The van der Waals surface area contributed by atoms with Gasteiger partial charge in [-0.05, 0) is 67.3 Å². The quantitative estimate of drug-likeness (QED) is 0.518. The van der Waals surface area contributed by atoms with Gasteiger partial charge in [-0.3, -0.25) is 9.69 Å². The number of nitrogens with zero attached hydrogens (tertiary/aromatic N) is 3. The van der Waals surface area contributed by atoms with Crippen LogP contribution in [0.3, 0.4) is 0 Å². The number of benzene rings is 2. The van der Waals surface area contributed by atoms with Crippen LogP contribution >= 0.6 is 35.5 Å². The topological polar surface area (TPSA) is 80.0 Å². The third-order valence-corrected chi connectivity index (χ3v) is 6.39. The van der Waals surface area contributed by atoms with Gasteiger partial charge < -0.3 is 15.7 Å². The van der Waals surface area contributed by atoms with E-state index in [1.165, 1.54) is 10.1 Å². The predicted octanol–water partition coefficient (Wildman–Crippen LogP) is 3.88. The molecule has 2 aromatic carbocycles. The van der Waals surface area contributed by atoms with Gasteiger partial charge in [-0.25, -0.2) is 0 Å². The predicted molar refractivity (Wildman–Crippen MR) is 132 cm³/mol. The Balaban J connectivity index is 0.00000171. The van der Waals surface area contributed by atoms with Crippen molar-refractivity contribution in [2.45, 2.75) is 12.8 Å². The zero-order chi connectivity index (χ0) is 20.1. The Hall–Kier alpha value is -1.90. The minimum absolute atomic E-state index is 0. The molecule has 3 N–H and O–H groups in total. The van der Waals surface area contributed by atoms with Gasteiger partial charge in [0.25, 0.3) is 5.91 Å². The number of piperazine rings is 1. The van der Waals surface area contributed by atoms with Crippen LogP contribution < -0.4 is 10.2 Å². The molecule has 0 spiro atoms. The summed E-state index contributed by atoms with van der Waals surface area (Å²) < 4.78 is 5.93. The number of anilines is 1. The maximum absolute atomic E-state index is 12.1. The first-order chi connectivity index (χ1) is 14.2. The van der Waals surface area contributed by atoms with Crippen LogP contribution in [0.15, 0.2) is 48.5 Å². The van der Waals surface area contributed by atoms with Crippen molar-refractivity contribution in [3.63, 3.8) is 0 Å². The van der Waals surface area contributed by atoms with E-state index in [2.05, 4.69) is 43.8 Å². The number of carbonyl (C=O) groups is 1. The Kier molecular flexibility index (Phi) is 9.99. The summed E-state index contributed by atoms with van der Waals surface area (Å²) in [5, 5.41) is 4.89. The van der Waals surface area contributed by atoms with Crippen LogP contribution in [0.2, 0.25) is 5.02 Å². The highest BCUT2D eigenvalue weighted by molar-refractivity contribution is 7.13. The van der Waals surface area contributed by atoms with E-state index >= 15 is 0 Å². The molecule has 1 amide bonds. The van der Waals surface area contributed by atoms with Crippen molar-refractivity contribution in [2.24, 2.45) is 0 Å². The van der Waals surface area contributed by atoms with Crippen molar-refractivity contribution in [1.29, 1.82) is 0 Å². The van der Waals surface area contributed by atoms with Crippen LogP contribution in [-0.4, -0.2) is 59.9 Å². The first-order valence-electron chi connectivity index (χ1n) is 10.1. The molecule has 168 valence electrons. The van der Waals surface area contributed by atoms with Gasteiger partial charge in [-0.2, -0.15) is 4.37 Å². The average molecular weight is 483 g/mol. The second kappa shape index (κ2) is 12.2. The molecule has 2 heterocycles. The number of amides is 1. The number of carbonyl (C=O) groups excluding carboxylic acids is 1. The normalized spacial score (nSPS) is 14.0. The van der Waals surface area contributed by atoms with Gasteiger partial charge in [0.05, 0.1) is 4.70 Å². The van der Waals surface area contributed by atoms with Crippen LogP contribution in [0, 0.1) is 0 Å². The monoisotopic (exact) mass is 482 g/mol. The van der Waals surface area contributed by atoms with E-state index in [0.717, 1.165) is 51.4 Å². The lowest BCUT2D eigenvalue weighted by atomic mass is 10.2. The molecule has 0 saturated carbocycles. The molecule has 0 bridgehead atoms. The Morgan fingerprint density at radius 2 is 1.74 bits per heavy atom. The maximum Gasteiger partial charge on any atom is 0.251 e. The van der Waals surface area contributed by atoms with Crippen LogP contribution in [0.5, 0.6) is 0 Å². The fraction of sp³-hybridized carbons (Fsp3) is 0.364. The van der Waals surface area contributed by atoms with Crippen molar-refractivity contribution in [2.75, 3.05) is 44.2 Å². The molecule has 0 unspecified atom stereocenters. The summed E-state index contributed by atoms with van der Waals surface area (Å²) in [6, 6.07) is 15.4. The van der Waals surface area contributed by atoms with Gasteiger partial charge >= 0.3 is 0 Å². The number of halogens is 2. The molecule has 1 saturated heterocycles. The van der Waals surface area contributed by atoms with E-state index in [4.69, 9.17) is 11.6 Å². The van der Waals surface area contributed by atoms with Crippen molar-refractivity contribution in [3.05, 3.63) is 59.1 Å². The molecule has 0 aliphatic carbocycles. The summed E-state index contributed by atoms with van der Waals surface area (Å²) in [7, 11) is 0. The zero-order valence-electron chi connectivity index (χ0n) is 17.2. The molecule has 0 atom stereocenters. The van der Waals surface area contributed by atoms with Crippen LogP contribution in [0.1, 0.15) is 23.2 Å². The van der Waals surface area contributed by atoms with Crippen molar-refractivity contribution in [1.82, 2.24) is 14.6 Å². The Morgan fingerprint density at radius 3 is 2.48 bits per heavy atom. The minimum atomic E-state index is -0.0363. The smallest absolute Gasteiger partial charge is 0.251 e. The Labute approximate surface area is 198 Å². The largest absolute Gasteiger partial charge is 0.412 e. The van der Waals surface area contributed by atoms with Gasteiger partial charge in [0.15, 0.2) is 0 Å². The molecule has 9 heteroatoms. The summed E-state index contributed by atoms with van der Waals surface area (Å²) in [5.41, 5.74) is 0.653. The molecule has 31 heavy (non-hydrogen) atoms. The lowest BCUT2D eigenvalue weighted by molar-refractivity contribution is 0.0952. The first kappa shape index (κ1) is 25.4. The molecule has 1 aliphatic rings. The average Bonchev–Trinajstić information content (AvgIpc) is 3.18. The van der Waals surface area contributed by atoms with E-state index in [0.29, 0.717) is 17.1 Å². The molecule has 1 aromatic heterocycles. The van der Waals surface area contributed by atoms with Crippen LogP contribution in [0.4, 0.5) is 5.82 Å². The summed E-state index contributed by atoms with van der Waals surface area (Å²) in [4.78, 5) is 17.0. The van der Waals surface area contributed by atoms with Gasteiger partial charge in [-0.1, -0.05) is 23.7 Å². The lowest BCUT2D eigenvalue weighted by Gasteiger charge is -2.35. The summed E-state index contributed by atoms with van der Waals surface area (Å²) in [6.45, 7) is 5.92. The number of hydrogen-bond acceptors (Lipinski definition) is 5. The van der Waals surface area contributed by atoms with Crippen molar-refractivity contribution in [3.8, 4) is 0 Å². The molecular weight excluding hydrogens is 455 g/mol. The van der Waals surface area contributed by atoms with E-state index in [1.807, 2.05) is 0 Å². The van der Waals surface area contributed by atoms with Crippen molar-refractivity contribution >= 4 is 57.4 Å². The summed E-state index contributed by atoms with van der Waals surface area (Å²) in [5.74, 6) is 1.10. The van der Waals surface area contributed by atoms with Crippen LogP contribution in [0.25, 0.3) is 10.1 Å². The summed E-state index contributed by atoms with van der Waals surface area (Å²) in [6.07, 6.45) is 2.07. The molecular formula is C22H28Cl2N4O2S. The van der Waals surface area contributed by atoms with Gasteiger partial charge in [-0.15, -0.1) is 12.4 Å². The minimum Gasteiger partial charge on any atom is -0.412 e. The third-order valence-electron chi connectivity index (χ3n) is 5.32. The first-order valence-corrected chi connectivity index (χ1v) is 11.2. The molecule has 4 rings (SSSR count). The van der Waals surface area contributed by atoms with E-state index in [1.54, 1.807) is 35.8 Å². The Morgan fingerprint density at radius 1 is 1.03 bits per heavy atom. The number of unbranched alkanes of at least 4 members (excludes halogenated alkanes) is 1. The van der Waals surface area contributed by atoms with Gasteiger partial charge in [0, 0.05) is 48.7 Å². The molecule has 3 aromatic rings. The second-order valence-electron chi connectivity index (χ2n) is 7.30. The molecule has 1 fully saturated rings. The fourth-order valence-electron chi connectivity index (χ4n) is 3.65. The third kappa shape index (κ3) is 6.54. The lowest BCUT2D eigenvalue weighted by Crippen LogP contribution is -2.46. The number of aromatic nitrogens is 1. The van der Waals surface area contributed by atoms with Gasteiger partial charge in [0.2, 0.25) is 0 Å². The number of nitrogens with one attached hydrogen (secondary N) is 1. The van der Waals surface area contributed by atoms with E-state index in [9.17, 15) is 4.79 Å². The SMILES string of the molecule is Cl.O.O=C(NCCCCN1CCN(c2nsc3ccccc23)CC1)c1ccc(Cl)cc1. The zero-order valence-corrected chi connectivity index (χ0v) is 19.6. The second-order valence-corrected chi connectivity index (χ2v) is 8.54. The highest BCUT2D eigenvalue weighted by Crippen LogP contribution is 2.29. The van der Waals surface area contributed by atoms with E-state index < -0.39 is 0 Å². The highest BCUT2D eigenvalue weighted by Gasteiger charge is 2.20. The maximum atomic E-state index is 12.1. The fourth-order valence-corrected chi connectivity index (χ4v) is 4.57. The van der Waals surface area contributed by atoms with Crippen molar-refractivity contribution < 1.29 is 10.3 Å². The van der Waals surface area contributed by atoms with Gasteiger partial charge in [0.1, 0.15) is 5.82 Å². The molecule has 6 nitrogen and oxygen atoms in total. The Bertz CT molecular complexity index is 960.